The largest absolute Gasteiger partial charge is 0.488 e. The van der Waals surface area contributed by atoms with Crippen LogP contribution in [0.2, 0.25) is 0 Å². The lowest BCUT2D eigenvalue weighted by molar-refractivity contribution is -0.118. The number of hydrogen-bond donors (Lipinski definition) is 3. The highest BCUT2D eigenvalue weighted by molar-refractivity contribution is 7.89. The molecule has 2 aromatic carbocycles. The standard InChI is InChI=1S/C26H33N3O5S2.C5H11NO/c1-17(2)14-23(29-36(31,32)22-12-6-18(3)7-13-22)25(30)28-26-27-24(16-35-26)20-8-10-21(11-9-20)34-19(4)15-33-5;1-2-3-4-5(6)7/h6-13,16-17,19,23,29H,14-15H2,1-5H3,(H,27,28,30);2-4H2,1H3,(H2,6,7)/t19-,23-;/m0./s1. The normalized spacial score (nSPS) is 12.6. The summed E-state index contributed by atoms with van der Waals surface area (Å²) in [5.74, 6) is 0.183. The second kappa shape index (κ2) is 17.7. The van der Waals surface area contributed by atoms with E-state index in [0.717, 1.165) is 29.7 Å². The highest BCUT2D eigenvalue weighted by Crippen LogP contribution is 2.27. The number of methoxy groups -OCH3 is 1. The lowest BCUT2D eigenvalue weighted by Crippen LogP contribution is -2.44. The van der Waals surface area contributed by atoms with Crippen LogP contribution in [-0.4, -0.2) is 51.1 Å². The summed E-state index contributed by atoms with van der Waals surface area (Å²) in [4.78, 5) is 27.7. The lowest BCUT2D eigenvalue weighted by atomic mass is 10.0. The topological polar surface area (TPSA) is 150 Å². The van der Waals surface area contributed by atoms with Crippen molar-refractivity contribution in [3.63, 3.8) is 0 Å². The van der Waals surface area contributed by atoms with E-state index in [0.29, 0.717) is 30.3 Å². The van der Waals surface area contributed by atoms with Gasteiger partial charge in [-0.25, -0.2) is 13.4 Å². The van der Waals surface area contributed by atoms with Gasteiger partial charge in [-0.1, -0.05) is 44.9 Å². The van der Waals surface area contributed by atoms with Crippen molar-refractivity contribution in [2.45, 2.75) is 77.3 Å². The van der Waals surface area contributed by atoms with Gasteiger partial charge in [0.05, 0.1) is 17.2 Å². The monoisotopic (exact) mass is 632 g/mol. The number of thiazole rings is 1. The SMILES string of the molecule is CCCCC(N)=O.COC[C@H](C)Oc1ccc(-c2csc(NC(=O)[C@H](CC(C)C)NS(=O)(=O)c3ccc(C)cc3)n2)cc1. The number of ether oxygens (including phenoxy) is 2. The molecule has 0 aliphatic rings. The molecule has 0 unspecified atom stereocenters. The first-order valence-corrected chi connectivity index (χ1v) is 16.6. The van der Waals surface area contributed by atoms with Crippen molar-refractivity contribution in [3.05, 3.63) is 59.5 Å². The minimum atomic E-state index is -3.86. The van der Waals surface area contributed by atoms with E-state index < -0.39 is 22.0 Å². The van der Waals surface area contributed by atoms with Crippen LogP contribution in [0.1, 0.15) is 58.9 Å². The van der Waals surface area contributed by atoms with E-state index in [4.69, 9.17) is 15.2 Å². The molecule has 0 radical (unpaired) electrons. The van der Waals surface area contributed by atoms with Crippen LogP contribution >= 0.6 is 11.3 Å². The van der Waals surface area contributed by atoms with Crippen molar-refractivity contribution in [2.75, 3.05) is 19.0 Å². The summed E-state index contributed by atoms with van der Waals surface area (Å²) in [6, 6.07) is 13.1. The van der Waals surface area contributed by atoms with Gasteiger partial charge < -0.3 is 20.5 Å². The maximum Gasteiger partial charge on any atom is 0.244 e. The number of amides is 2. The Morgan fingerprint density at radius 2 is 1.70 bits per heavy atom. The average molecular weight is 633 g/mol. The number of aromatic nitrogens is 1. The minimum Gasteiger partial charge on any atom is -0.488 e. The van der Waals surface area contributed by atoms with Crippen LogP contribution in [0.25, 0.3) is 11.3 Å². The van der Waals surface area contributed by atoms with Crippen molar-refractivity contribution in [3.8, 4) is 17.0 Å². The van der Waals surface area contributed by atoms with E-state index in [1.807, 2.05) is 64.3 Å². The van der Waals surface area contributed by atoms with Gasteiger partial charge in [-0.05, 0) is 69.0 Å². The van der Waals surface area contributed by atoms with Crippen molar-refractivity contribution >= 4 is 38.3 Å². The number of primary amides is 1. The Hall–Kier alpha value is -3.32. The maximum atomic E-state index is 13.1. The van der Waals surface area contributed by atoms with E-state index in [2.05, 4.69) is 15.0 Å². The Labute approximate surface area is 259 Å². The third-order valence-electron chi connectivity index (χ3n) is 6.05. The summed E-state index contributed by atoms with van der Waals surface area (Å²) in [5.41, 5.74) is 7.37. The number of anilines is 1. The maximum absolute atomic E-state index is 13.1. The Morgan fingerprint density at radius 3 is 2.23 bits per heavy atom. The molecule has 3 aromatic rings. The molecule has 0 aliphatic heterocycles. The molecule has 0 saturated heterocycles. The third kappa shape index (κ3) is 12.8. The Bertz CT molecular complexity index is 1390. The van der Waals surface area contributed by atoms with Crippen molar-refractivity contribution in [2.24, 2.45) is 11.7 Å². The molecule has 10 nitrogen and oxygen atoms in total. The van der Waals surface area contributed by atoms with Crippen LogP contribution in [0, 0.1) is 12.8 Å². The first-order chi connectivity index (χ1) is 20.3. The third-order valence-corrected chi connectivity index (χ3v) is 8.30. The van der Waals surface area contributed by atoms with Gasteiger partial charge in [0.15, 0.2) is 5.13 Å². The molecule has 0 fully saturated rings. The molecular weight excluding hydrogens is 588 g/mol. The molecule has 0 aliphatic carbocycles. The summed E-state index contributed by atoms with van der Waals surface area (Å²) < 4.78 is 39.2. The summed E-state index contributed by atoms with van der Waals surface area (Å²) in [6.07, 6.45) is 2.79. The summed E-state index contributed by atoms with van der Waals surface area (Å²) in [6.45, 7) is 10.2. The van der Waals surface area contributed by atoms with Crippen molar-refractivity contribution in [1.82, 2.24) is 9.71 Å². The van der Waals surface area contributed by atoms with Gasteiger partial charge in [0.1, 0.15) is 17.9 Å². The molecule has 0 bridgehead atoms. The smallest absolute Gasteiger partial charge is 0.244 e. The van der Waals surface area contributed by atoms with E-state index in [9.17, 15) is 18.0 Å². The van der Waals surface area contributed by atoms with E-state index in [1.54, 1.807) is 19.2 Å². The van der Waals surface area contributed by atoms with Gasteiger partial charge >= 0.3 is 0 Å². The van der Waals surface area contributed by atoms with Crippen LogP contribution < -0.4 is 20.5 Å². The molecule has 2 amide bonds. The highest BCUT2D eigenvalue weighted by Gasteiger charge is 2.27. The van der Waals surface area contributed by atoms with Crippen LogP contribution in [0.15, 0.2) is 58.8 Å². The quantitative estimate of drug-likeness (QED) is 0.200. The second-order valence-corrected chi connectivity index (χ2v) is 13.2. The molecule has 43 heavy (non-hydrogen) atoms. The van der Waals surface area contributed by atoms with Crippen LogP contribution in [0.5, 0.6) is 5.75 Å². The molecular formula is C31H44N4O6S2. The summed E-state index contributed by atoms with van der Waals surface area (Å²) in [5, 5.41) is 5.01. The van der Waals surface area contributed by atoms with Crippen LogP contribution in [0.3, 0.4) is 0 Å². The number of nitrogens with one attached hydrogen (secondary N) is 2. The number of unbranched alkanes of at least 4 members (excludes halogenated alkanes) is 1. The highest BCUT2D eigenvalue weighted by atomic mass is 32.2. The summed E-state index contributed by atoms with van der Waals surface area (Å²) in [7, 11) is -2.23. The zero-order valence-corrected chi connectivity index (χ0v) is 27.4. The summed E-state index contributed by atoms with van der Waals surface area (Å²) >= 11 is 1.28. The fraction of sp³-hybridized carbons (Fsp3) is 0.452. The Morgan fingerprint density at radius 1 is 1.05 bits per heavy atom. The average Bonchev–Trinajstić information content (AvgIpc) is 3.40. The van der Waals surface area contributed by atoms with Crippen molar-refractivity contribution in [1.29, 1.82) is 0 Å². The van der Waals surface area contributed by atoms with Gasteiger partial charge in [-0.2, -0.15) is 4.72 Å². The molecule has 0 saturated carbocycles. The van der Waals surface area contributed by atoms with Gasteiger partial charge in [0, 0.05) is 24.5 Å². The van der Waals surface area contributed by atoms with Gasteiger partial charge in [-0.3, -0.25) is 9.59 Å². The van der Waals surface area contributed by atoms with Crippen molar-refractivity contribution < 1.29 is 27.5 Å². The number of nitrogens with zero attached hydrogens (tertiary/aromatic N) is 1. The number of hydrogen-bond acceptors (Lipinski definition) is 8. The van der Waals surface area contributed by atoms with E-state index in [1.165, 1.54) is 23.5 Å². The number of carbonyl (C=O) groups is 2. The molecule has 2 atom stereocenters. The number of nitrogens with two attached hydrogens (primary N) is 1. The molecule has 236 valence electrons. The van der Waals surface area contributed by atoms with Gasteiger partial charge in [0.2, 0.25) is 21.8 Å². The van der Waals surface area contributed by atoms with Gasteiger partial charge in [0.25, 0.3) is 0 Å². The first kappa shape index (κ1) is 35.9. The lowest BCUT2D eigenvalue weighted by Gasteiger charge is -2.19. The second-order valence-electron chi connectivity index (χ2n) is 10.6. The van der Waals surface area contributed by atoms with Crippen LogP contribution in [0.4, 0.5) is 5.13 Å². The Kier molecular flexibility index (Phi) is 14.8. The fourth-order valence-corrected chi connectivity index (χ4v) is 5.80. The fourth-order valence-electron chi connectivity index (χ4n) is 3.87. The number of carbonyl (C=O) groups excluding carboxylic acids is 2. The number of sulfonamides is 1. The molecule has 1 aromatic heterocycles. The minimum absolute atomic E-state index is 0.0656. The predicted octanol–water partition coefficient (Wildman–Crippen LogP) is 5.53. The zero-order chi connectivity index (χ0) is 32.0. The predicted molar refractivity (Wildman–Crippen MR) is 172 cm³/mol. The number of benzene rings is 2. The Balaban J connectivity index is 0.000000821. The molecule has 3 rings (SSSR count). The molecule has 12 heteroatoms. The number of rotatable bonds is 15. The zero-order valence-electron chi connectivity index (χ0n) is 25.8. The van der Waals surface area contributed by atoms with E-state index in [-0.39, 0.29) is 22.8 Å². The first-order valence-electron chi connectivity index (χ1n) is 14.2. The van der Waals surface area contributed by atoms with Gasteiger partial charge in [-0.15, -0.1) is 11.3 Å². The van der Waals surface area contributed by atoms with E-state index >= 15 is 0 Å². The molecule has 1 heterocycles. The molecule has 0 spiro atoms. The number of aryl methyl sites for hydroxylation is 1. The molecule has 4 N–H and O–H groups in total. The van der Waals surface area contributed by atoms with Crippen LogP contribution in [-0.2, 0) is 24.3 Å².